The van der Waals surface area contributed by atoms with E-state index < -0.39 is 0 Å². The summed E-state index contributed by atoms with van der Waals surface area (Å²) in [6.45, 7) is 4.18. The molecule has 3 heterocycles. The van der Waals surface area contributed by atoms with E-state index in [2.05, 4.69) is 76.3 Å². The van der Waals surface area contributed by atoms with Crippen LogP contribution < -0.4 is 0 Å². The highest BCUT2D eigenvalue weighted by Crippen LogP contribution is 2.42. The molecule has 2 aromatic heterocycles. The van der Waals surface area contributed by atoms with Crippen LogP contribution in [-0.4, -0.2) is 20.5 Å². The quantitative estimate of drug-likeness (QED) is 0.403. The lowest BCUT2D eigenvalue weighted by molar-refractivity contribution is 0.724. The van der Waals surface area contributed by atoms with Gasteiger partial charge in [-0.3, -0.25) is 9.56 Å². The average Bonchev–Trinajstić information content (AvgIpc) is 3.49. The third-order valence-electron chi connectivity index (χ3n) is 6.66. The Hall–Kier alpha value is -3.05. The van der Waals surface area contributed by atoms with Crippen LogP contribution in [0.4, 0.5) is 0 Å². The van der Waals surface area contributed by atoms with Gasteiger partial charge in [-0.1, -0.05) is 54.6 Å². The molecule has 0 saturated heterocycles. The van der Waals surface area contributed by atoms with Crippen LogP contribution in [0.1, 0.15) is 63.7 Å². The Kier molecular flexibility index (Phi) is 4.80. The molecule has 2 aliphatic rings. The molecule has 0 N–H and O–H groups in total. The van der Waals surface area contributed by atoms with Crippen LogP contribution in [0, 0.1) is 6.92 Å². The van der Waals surface area contributed by atoms with Gasteiger partial charge >= 0.3 is 0 Å². The summed E-state index contributed by atoms with van der Waals surface area (Å²) in [5.74, 6) is 1.89. The van der Waals surface area contributed by atoms with Gasteiger partial charge in [-0.05, 0) is 62.6 Å². The zero-order valence-electron chi connectivity index (χ0n) is 18.5. The van der Waals surface area contributed by atoms with Crippen LogP contribution in [0.25, 0.3) is 5.00 Å². The first-order valence-corrected chi connectivity index (χ1v) is 12.3. The van der Waals surface area contributed by atoms with Crippen molar-refractivity contribution < 1.29 is 0 Å². The van der Waals surface area contributed by atoms with E-state index in [9.17, 15) is 0 Å². The maximum Gasteiger partial charge on any atom is 0.162 e. The molecule has 32 heavy (non-hydrogen) atoms. The van der Waals surface area contributed by atoms with Crippen molar-refractivity contribution in [3.63, 3.8) is 0 Å². The third-order valence-corrected chi connectivity index (χ3v) is 7.94. The standard InChI is InChI=1S/C27H26N4S/c1-17-26-30-29-18(2)31(26)27-24(22-9-6-10-23(22)32-27)25(28-17)21-15-13-20(14-16-21)12-11-19-7-4-3-5-8-19/h3-5,7-8,13-17H,6,9-12H2,1-2H3/t17-/m0/s1. The van der Waals surface area contributed by atoms with E-state index in [0.29, 0.717) is 0 Å². The van der Waals surface area contributed by atoms with Crippen molar-refractivity contribution in [3.8, 4) is 5.00 Å². The minimum absolute atomic E-state index is 0.0272. The molecule has 0 radical (unpaired) electrons. The number of nitrogens with zero attached hydrogens (tertiary/aromatic N) is 4. The Morgan fingerprint density at radius 3 is 2.47 bits per heavy atom. The molecule has 1 atom stereocenters. The van der Waals surface area contributed by atoms with Crippen LogP contribution >= 0.6 is 11.3 Å². The van der Waals surface area contributed by atoms with E-state index in [-0.39, 0.29) is 6.04 Å². The second-order valence-electron chi connectivity index (χ2n) is 8.81. The topological polar surface area (TPSA) is 43.1 Å². The molecule has 0 bridgehead atoms. The van der Waals surface area contributed by atoms with E-state index in [1.807, 2.05) is 18.3 Å². The van der Waals surface area contributed by atoms with Crippen molar-refractivity contribution in [2.45, 2.75) is 52.0 Å². The summed E-state index contributed by atoms with van der Waals surface area (Å²) >= 11 is 1.91. The largest absolute Gasteiger partial charge is 0.273 e. The molecular weight excluding hydrogens is 412 g/mol. The van der Waals surface area contributed by atoms with Crippen LogP contribution in [0.2, 0.25) is 0 Å². The summed E-state index contributed by atoms with van der Waals surface area (Å²) in [4.78, 5) is 6.73. The van der Waals surface area contributed by atoms with E-state index >= 15 is 0 Å². The Morgan fingerprint density at radius 1 is 0.938 bits per heavy atom. The van der Waals surface area contributed by atoms with Crippen molar-refractivity contribution in [2.75, 3.05) is 0 Å². The second-order valence-corrected chi connectivity index (χ2v) is 9.90. The Balaban J connectivity index is 1.38. The van der Waals surface area contributed by atoms with Gasteiger partial charge in [0.1, 0.15) is 16.9 Å². The van der Waals surface area contributed by atoms with E-state index in [1.54, 1.807) is 0 Å². The average molecular weight is 439 g/mol. The summed E-state index contributed by atoms with van der Waals surface area (Å²) < 4.78 is 2.24. The third kappa shape index (κ3) is 3.23. The number of fused-ring (bicyclic) bond motifs is 5. The molecular formula is C27H26N4S. The SMILES string of the molecule is Cc1nnc2n1-c1sc3c(c1C(c1ccc(CCc4ccccc4)cc1)=N[C@H]2C)CCC3. The first kappa shape index (κ1) is 19.6. The van der Waals surface area contributed by atoms with Gasteiger partial charge in [-0.2, -0.15) is 0 Å². The highest BCUT2D eigenvalue weighted by molar-refractivity contribution is 7.15. The van der Waals surface area contributed by atoms with Crippen LogP contribution in [-0.2, 0) is 25.7 Å². The lowest BCUT2D eigenvalue weighted by Crippen LogP contribution is -2.08. The van der Waals surface area contributed by atoms with Gasteiger partial charge in [0.2, 0.25) is 0 Å². The van der Waals surface area contributed by atoms with Gasteiger partial charge in [0.25, 0.3) is 0 Å². The van der Waals surface area contributed by atoms with Gasteiger partial charge < -0.3 is 0 Å². The van der Waals surface area contributed by atoms with Crippen molar-refractivity contribution in [3.05, 3.63) is 98.9 Å². The molecule has 0 fully saturated rings. The lowest BCUT2D eigenvalue weighted by Gasteiger charge is -2.11. The monoisotopic (exact) mass is 438 g/mol. The van der Waals surface area contributed by atoms with Gasteiger partial charge in [-0.15, -0.1) is 21.5 Å². The molecule has 0 unspecified atom stereocenters. The Labute approximate surface area is 192 Å². The van der Waals surface area contributed by atoms with E-state index in [0.717, 1.165) is 36.6 Å². The minimum atomic E-state index is -0.0272. The number of aryl methyl sites for hydroxylation is 4. The fourth-order valence-electron chi connectivity index (χ4n) is 4.99. The highest BCUT2D eigenvalue weighted by Gasteiger charge is 2.32. The molecule has 5 heteroatoms. The first-order chi connectivity index (χ1) is 15.7. The Morgan fingerprint density at radius 2 is 1.69 bits per heavy atom. The van der Waals surface area contributed by atoms with Gasteiger partial charge in [0, 0.05) is 16.0 Å². The van der Waals surface area contributed by atoms with Gasteiger partial charge in [0.05, 0.1) is 5.71 Å². The molecule has 2 aromatic carbocycles. The maximum absolute atomic E-state index is 5.22. The number of hydrogen-bond acceptors (Lipinski definition) is 4. The molecule has 1 aliphatic carbocycles. The number of aromatic nitrogens is 3. The number of benzene rings is 2. The van der Waals surface area contributed by atoms with Crippen LogP contribution in [0.3, 0.4) is 0 Å². The predicted molar refractivity (Wildman–Crippen MR) is 130 cm³/mol. The summed E-state index contributed by atoms with van der Waals surface area (Å²) in [7, 11) is 0. The van der Waals surface area contributed by atoms with Crippen LogP contribution in [0.5, 0.6) is 0 Å². The maximum atomic E-state index is 5.22. The summed E-state index contributed by atoms with van der Waals surface area (Å²) in [5.41, 5.74) is 7.87. The summed E-state index contributed by atoms with van der Waals surface area (Å²) in [6, 6.07) is 19.7. The number of aliphatic imine (C=N–C) groups is 1. The highest BCUT2D eigenvalue weighted by atomic mass is 32.1. The molecule has 0 spiro atoms. The van der Waals surface area contributed by atoms with Gasteiger partial charge in [-0.25, -0.2) is 0 Å². The molecule has 0 amide bonds. The van der Waals surface area contributed by atoms with Crippen molar-refractivity contribution in [1.29, 1.82) is 0 Å². The molecule has 1 aliphatic heterocycles. The zero-order valence-corrected chi connectivity index (χ0v) is 19.3. The van der Waals surface area contributed by atoms with Gasteiger partial charge in [0.15, 0.2) is 5.82 Å². The van der Waals surface area contributed by atoms with Crippen LogP contribution in [0.15, 0.2) is 59.6 Å². The van der Waals surface area contributed by atoms with Crippen molar-refractivity contribution in [1.82, 2.24) is 14.8 Å². The lowest BCUT2D eigenvalue weighted by atomic mass is 9.97. The zero-order chi connectivity index (χ0) is 21.7. The smallest absolute Gasteiger partial charge is 0.162 e. The van der Waals surface area contributed by atoms with E-state index in [1.165, 1.54) is 50.5 Å². The fraction of sp³-hybridized carbons (Fsp3) is 0.296. The minimum Gasteiger partial charge on any atom is -0.273 e. The van der Waals surface area contributed by atoms with E-state index in [4.69, 9.17) is 4.99 Å². The first-order valence-electron chi connectivity index (χ1n) is 11.5. The molecule has 4 aromatic rings. The molecule has 0 saturated carbocycles. The summed E-state index contributed by atoms with van der Waals surface area (Å²) in [6.07, 6.45) is 5.66. The Bertz CT molecular complexity index is 1310. The number of hydrogen-bond donors (Lipinski definition) is 0. The second kappa shape index (κ2) is 7.82. The molecule has 6 rings (SSSR count). The number of thiophene rings is 1. The fourth-order valence-corrected chi connectivity index (χ4v) is 6.44. The normalized spacial score (nSPS) is 16.8. The molecule has 160 valence electrons. The van der Waals surface area contributed by atoms with Crippen molar-refractivity contribution >= 4 is 17.0 Å². The predicted octanol–water partition coefficient (Wildman–Crippen LogP) is 5.82. The molecule has 4 nitrogen and oxygen atoms in total. The summed E-state index contributed by atoms with van der Waals surface area (Å²) in [5, 5.41) is 10.1. The van der Waals surface area contributed by atoms with Crippen molar-refractivity contribution in [2.24, 2.45) is 4.99 Å². The number of rotatable bonds is 4.